The Bertz CT molecular complexity index is 845. The van der Waals surface area contributed by atoms with Crippen molar-refractivity contribution < 1.29 is 14.7 Å². The predicted molar refractivity (Wildman–Crippen MR) is 108 cm³/mol. The van der Waals surface area contributed by atoms with E-state index in [2.05, 4.69) is 39.8 Å². The molecule has 1 heterocycles. The minimum absolute atomic E-state index is 0.115. The van der Waals surface area contributed by atoms with Crippen molar-refractivity contribution in [1.29, 1.82) is 0 Å². The second kappa shape index (κ2) is 5.51. The largest absolute Gasteiger partial charge is 0.506 e. The first kappa shape index (κ1) is 16.2. The molecule has 0 spiro atoms. The van der Waals surface area contributed by atoms with Crippen LogP contribution in [0.2, 0.25) is 0 Å². The van der Waals surface area contributed by atoms with E-state index in [9.17, 15) is 14.7 Å². The number of hydrazone groups is 1. The molecular formula is C18H14I2N2O3. The average Bonchev–Trinajstić information content (AvgIpc) is 3.36. The topological polar surface area (TPSA) is 70.0 Å². The molecule has 4 aliphatic carbocycles. The maximum Gasteiger partial charge on any atom is 0.254 e. The van der Waals surface area contributed by atoms with E-state index in [0.717, 1.165) is 15.0 Å². The summed E-state index contributed by atoms with van der Waals surface area (Å²) < 4.78 is 1.66. The van der Waals surface area contributed by atoms with Crippen LogP contribution in [0, 0.1) is 42.6 Å². The van der Waals surface area contributed by atoms with Crippen LogP contribution in [0.15, 0.2) is 29.4 Å². The van der Waals surface area contributed by atoms with E-state index >= 15 is 0 Å². The molecule has 1 aromatic rings. The minimum atomic E-state index is -0.243. The molecule has 0 aromatic heterocycles. The number of rotatable bonds is 2. The van der Waals surface area contributed by atoms with Crippen LogP contribution in [0.5, 0.6) is 5.75 Å². The highest BCUT2D eigenvalue weighted by Crippen LogP contribution is 2.65. The van der Waals surface area contributed by atoms with Crippen LogP contribution in [0.1, 0.15) is 12.0 Å². The molecule has 2 bridgehead atoms. The zero-order chi connectivity index (χ0) is 17.5. The van der Waals surface area contributed by atoms with Crippen LogP contribution in [0.25, 0.3) is 0 Å². The number of nitrogens with zero attached hydrogens (tertiary/aromatic N) is 2. The fourth-order valence-electron chi connectivity index (χ4n) is 4.86. The van der Waals surface area contributed by atoms with Gasteiger partial charge in [0.25, 0.3) is 11.8 Å². The number of allylic oxidation sites excluding steroid dienone is 2. The molecule has 1 aromatic carbocycles. The van der Waals surface area contributed by atoms with Crippen molar-refractivity contribution in [3.05, 3.63) is 37.0 Å². The number of carbonyl (C=O) groups is 2. The molecule has 3 fully saturated rings. The fourth-order valence-corrected chi connectivity index (χ4v) is 6.75. The summed E-state index contributed by atoms with van der Waals surface area (Å²) in [5.41, 5.74) is 0.510. The number of amides is 2. The number of imide groups is 1. The zero-order valence-electron chi connectivity index (χ0n) is 13.0. The Labute approximate surface area is 171 Å². The first-order valence-corrected chi connectivity index (χ1v) is 10.4. The number of hydrogen-bond donors (Lipinski definition) is 1. The van der Waals surface area contributed by atoms with Crippen LogP contribution in [0.4, 0.5) is 0 Å². The van der Waals surface area contributed by atoms with E-state index < -0.39 is 0 Å². The number of aromatic hydroxyl groups is 1. The lowest BCUT2D eigenvalue weighted by molar-refractivity contribution is -0.140. The first-order chi connectivity index (χ1) is 12.0. The van der Waals surface area contributed by atoms with Crippen LogP contribution in [-0.4, -0.2) is 28.1 Å². The van der Waals surface area contributed by atoms with Gasteiger partial charge in [0.2, 0.25) is 0 Å². The molecule has 2 amide bonds. The Morgan fingerprint density at radius 3 is 2.28 bits per heavy atom. The van der Waals surface area contributed by atoms with Gasteiger partial charge in [0, 0.05) is 9.13 Å². The third kappa shape index (κ3) is 2.27. The summed E-state index contributed by atoms with van der Waals surface area (Å²) in [4.78, 5) is 25.7. The van der Waals surface area contributed by atoms with Crippen molar-refractivity contribution >= 4 is 63.2 Å². The quantitative estimate of drug-likeness (QED) is 0.262. The second-order valence-electron chi connectivity index (χ2n) is 7.21. The van der Waals surface area contributed by atoms with Gasteiger partial charge in [-0.15, -0.1) is 0 Å². The molecule has 1 aliphatic heterocycles. The second-order valence-corrected chi connectivity index (χ2v) is 9.62. The van der Waals surface area contributed by atoms with Crippen molar-refractivity contribution in [2.75, 3.05) is 0 Å². The number of halogens is 2. The monoisotopic (exact) mass is 560 g/mol. The van der Waals surface area contributed by atoms with E-state index in [1.165, 1.54) is 6.21 Å². The molecule has 5 nitrogen and oxygen atoms in total. The standard InChI is InChI=1S/C18H14I2N2O3/c19-8-3-7(16(23)13(20)4-8)6-21-22-17(24)14-9-1-2-10(12-5-11(9)12)15(14)18(22)25/h1-4,6,9-12,14-15,23H,5H2/b21-6-/t9-,10-,11-,12+,14-,15+/m0/s1. The first-order valence-electron chi connectivity index (χ1n) is 8.25. The minimum Gasteiger partial charge on any atom is -0.506 e. The number of hydrogen-bond acceptors (Lipinski definition) is 4. The van der Waals surface area contributed by atoms with Gasteiger partial charge in [-0.2, -0.15) is 10.1 Å². The molecule has 1 saturated heterocycles. The molecule has 6 atom stereocenters. The lowest BCUT2D eigenvalue weighted by atomic mass is 9.63. The third-order valence-electron chi connectivity index (χ3n) is 6.01. The molecule has 5 aliphatic rings. The predicted octanol–water partition coefficient (Wildman–Crippen LogP) is 2.99. The van der Waals surface area contributed by atoms with E-state index in [1.54, 1.807) is 6.07 Å². The van der Waals surface area contributed by atoms with Gasteiger partial charge in [0.1, 0.15) is 5.75 Å². The fraction of sp³-hybridized carbons (Fsp3) is 0.389. The molecule has 0 radical (unpaired) electrons. The van der Waals surface area contributed by atoms with Crippen LogP contribution < -0.4 is 0 Å². The van der Waals surface area contributed by atoms with E-state index in [-0.39, 0.29) is 41.2 Å². The van der Waals surface area contributed by atoms with Gasteiger partial charge in [-0.25, -0.2) is 0 Å². The van der Waals surface area contributed by atoms with Crippen molar-refractivity contribution in [3.63, 3.8) is 0 Å². The number of carbonyl (C=O) groups excluding carboxylic acids is 2. The summed E-state index contributed by atoms with van der Waals surface area (Å²) in [6, 6.07) is 3.63. The summed E-state index contributed by atoms with van der Waals surface area (Å²) in [6.07, 6.45) is 6.86. The normalized spacial score (nSPS) is 37.8. The van der Waals surface area contributed by atoms with Crippen LogP contribution in [-0.2, 0) is 9.59 Å². The maximum atomic E-state index is 12.8. The van der Waals surface area contributed by atoms with Gasteiger partial charge in [0.15, 0.2) is 0 Å². The highest BCUT2D eigenvalue weighted by Gasteiger charge is 2.67. The Balaban J connectivity index is 1.47. The van der Waals surface area contributed by atoms with Crippen molar-refractivity contribution in [2.45, 2.75) is 6.42 Å². The lowest BCUT2D eigenvalue weighted by Gasteiger charge is -2.37. The highest BCUT2D eigenvalue weighted by molar-refractivity contribution is 14.1. The summed E-state index contributed by atoms with van der Waals surface area (Å²) >= 11 is 4.20. The average molecular weight is 560 g/mol. The molecule has 25 heavy (non-hydrogen) atoms. The molecule has 1 N–H and O–H groups in total. The van der Waals surface area contributed by atoms with Gasteiger partial charge >= 0.3 is 0 Å². The van der Waals surface area contributed by atoms with E-state index in [1.807, 2.05) is 28.7 Å². The molecule has 128 valence electrons. The maximum absolute atomic E-state index is 12.8. The van der Waals surface area contributed by atoms with Crippen molar-refractivity contribution in [2.24, 2.45) is 40.6 Å². The summed E-state index contributed by atoms with van der Waals surface area (Å²) in [5, 5.41) is 15.4. The Hall–Kier alpha value is -0.970. The molecular weight excluding hydrogens is 546 g/mol. The van der Waals surface area contributed by atoms with Gasteiger partial charge in [-0.05, 0) is 87.4 Å². The summed E-state index contributed by atoms with van der Waals surface area (Å²) in [6.45, 7) is 0. The van der Waals surface area contributed by atoms with E-state index in [0.29, 0.717) is 21.0 Å². The third-order valence-corrected chi connectivity index (χ3v) is 7.45. The number of phenolic OH excluding ortho intramolecular Hbond substituents is 1. The SMILES string of the molecule is O=C1[C@@H]2[C@H]3C=C[C@@H]([C@@H]4C[C@H]34)[C@@H]2C(=O)N1/N=C\c1cc(I)cc(I)c1O. The Kier molecular flexibility index (Phi) is 3.58. The van der Waals surface area contributed by atoms with Crippen LogP contribution >= 0.6 is 45.2 Å². The summed E-state index contributed by atoms with van der Waals surface area (Å²) in [5.74, 6) is 0.820. The Morgan fingerprint density at radius 1 is 1.08 bits per heavy atom. The molecule has 0 unspecified atom stereocenters. The number of phenols is 1. The van der Waals surface area contributed by atoms with E-state index in [4.69, 9.17) is 0 Å². The number of benzene rings is 1. The Morgan fingerprint density at radius 2 is 1.68 bits per heavy atom. The van der Waals surface area contributed by atoms with Crippen LogP contribution in [0.3, 0.4) is 0 Å². The molecule has 7 heteroatoms. The molecule has 6 rings (SSSR count). The highest BCUT2D eigenvalue weighted by atomic mass is 127. The zero-order valence-corrected chi connectivity index (χ0v) is 17.3. The van der Waals surface area contributed by atoms with Gasteiger partial charge in [0.05, 0.1) is 21.6 Å². The smallest absolute Gasteiger partial charge is 0.254 e. The molecule has 2 saturated carbocycles. The van der Waals surface area contributed by atoms with Gasteiger partial charge in [-0.3, -0.25) is 9.59 Å². The lowest BCUT2D eigenvalue weighted by Crippen LogP contribution is -2.40. The van der Waals surface area contributed by atoms with Gasteiger partial charge < -0.3 is 5.11 Å². The van der Waals surface area contributed by atoms with Crippen molar-refractivity contribution in [3.8, 4) is 5.75 Å². The van der Waals surface area contributed by atoms with Gasteiger partial charge in [-0.1, -0.05) is 12.2 Å². The van der Waals surface area contributed by atoms with Crippen molar-refractivity contribution in [1.82, 2.24) is 5.01 Å². The summed E-state index contributed by atoms with van der Waals surface area (Å²) in [7, 11) is 0.